The van der Waals surface area contributed by atoms with Gasteiger partial charge in [-0.05, 0) is 48.9 Å². The second kappa shape index (κ2) is 6.38. The lowest BCUT2D eigenvalue weighted by Gasteiger charge is -2.11. The van der Waals surface area contributed by atoms with E-state index in [4.69, 9.17) is 5.26 Å². The Kier molecular flexibility index (Phi) is 3.93. The summed E-state index contributed by atoms with van der Waals surface area (Å²) in [5.74, 6) is 0.768. The Morgan fingerprint density at radius 2 is 2.00 bits per heavy atom. The molecule has 1 N–H and O–H groups in total. The van der Waals surface area contributed by atoms with Crippen LogP contribution in [0.5, 0.6) is 0 Å². The summed E-state index contributed by atoms with van der Waals surface area (Å²) in [5.41, 5.74) is 6.02. The van der Waals surface area contributed by atoms with Crippen LogP contribution >= 0.6 is 11.3 Å². The lowest BCUT2D eigenvalue weighted by Crippen LogP contribution is -2.00. The van der Waals surface area contributed by atoms with E-state index in [1.54, 1.807) is 36.0 Å². The minimum Gasteiger partial charge on any atom is -0.261 e. The Morgan fingerprint density at radius 3 is 2.83 bits per heavy atom. The quantitative estimate of drug-likeness (QED) is 0.583. The minimum atomic E-state index is 0.641. The maximum atomic E-state index is 8.82. The molecule has 2 heterocycles. The lowest BCUT2D eigenvalue weighted by atomic mass is 9.97. The number of hydrogen-bond acceptors (Lipinski definition) is 6. The molecule has 1 aliphatic carbocycles. The Balaban J connectivity index is 1.61. The van der Waals surface area contributed by atoms with E-state index in [9.17, 15) is 0 Å². The fraction of sp³-hybridized carbons (Fsp3) is 0.222. The highest BCUT2D eigenvalue weighted by molar-refractivity contribution is 7.19. The SMILES string of the molecule is N#Cc1ccc(/C=N\Nc2ncnc3sc4c(c23)CCCC4)cc1. The zero-order chi connectivity index (χ0) is 16.4. The molecule has 3 aromatic rings. The number of thiophene rings is 1. The van der Waals surface area contributed by atoms with Crippen molar-refractivity contribution in [2.75, 3.05) is 5.43 Å². The van der Waals surface area contributed by atoms with Gasteiger partial charge in [-0.3, -0.25) is 5.43 Å². The maximum Gasteiger partial charge on any atom is 0.158 e. The van der Waals surface area contributed by atoms with Crippen LogP contribution in [0.2, 0.25) is 0 Å². The van der Waals surface area contributed by atoms with Gasteiger partial charge in [-0.1, -0.05) is 12.1 Å². The zero-order valence-corrected chi connectivity index (χ0v) is 13.8. The largest absolute Gasteiger partial charge is 0.261 e. The number of rotatable bonds is 3. The van der Waals surface area contributed by atoms with E-state index in [1.165, 1.54) is 23.3 Å². The predicted molar refractivity (Wildman–Crippen MR) is 96.4 cm³/mol. The summed E-state index contributed by atoms with van der Waals surface area (Å²) >= 11 is 1.77. The lowest BCUT2D eigenvalue weighted by molar-refractivity contribution is 0.700. The summed E-state index contributed by atoms with van der Waals surface area (Å²) in [5, 5.41) is 14.2. The summed E-state index contributed by atoms with van der Waals surface area (Å²) < 4.78 is 0. The van der Waals surface area contributed by atoms with Crippen LogP contribution in [-0.2, 0) is 12.8 Å². The number of fused-ring (bicyclic) bond motifs is 3. The van der Waals surface area contributed by atoms with Gasteiger partial charge in [-0.2, -0.15) is 10.4 Å². The first kappa shape index (κ1) is 14.8. The van der Waals surface area contributed by atoms with Gasteiger partial charge in [0.2, 0.25) is 0 Å². The van der Waals surface area contributed by atoms with Crippen molar-refractivity contribution in [2.24, 2.45) is 5.10 Å². The van der Waals surface area contributed by atoms with Gasteiger partial charge >= 0.3 is 0 Å². The van der Waals surface area contributed by atoms with Crippen LogP contribution in [0, 0.1) is 11.3 Å². The van der Waals surface area contributed by atoms with Crippen LogP contribution in [0.4, 0.5) is 5.82 Å². The number of aromatic nitrogens is 2. The molecule has 0 fully saturated rings. The van der Waals surface area contributed by atoms with Crippen LogP contribution in [-0.4, -0.2) is 16.2 Å². The first-order valence-electron chi connectivity index (χ1n) is 7.89. The topological polar surface area (TPSA) is 74.0 Å². The molecule has 1 aliphatic rings. The molecule has 0 saturated carbocycles. The van der Waals surface area contributed by atoms with Gasteiger partial charge in [0.15, 0.2) is 5.82 Å². The van der Waals surface area contributed by atoms with Gasteiger partial charge in [0.1, 0.15) is 11.2 Å². The standard InChI is InChI=1S/C18H15N5S/c19-9-12-5-7-13(8-6-12)10-22-23-17-16-14-3-1-2-4-15(14)24-18(16)21-11-20-17/h5-8,10-11H,1-4H2,(H,20,21,23)/b22-10-. The Morgan fingerprint density at radius 1 is 1.17 bits per heavy atom. The van der Waals surface area contributed by atoms with Gasteiger partial charge in [0.05, 0.1) is 23.2 Å². The van der Waals surface area contributed by atoms with Crippen molar-refractivity contribution >= 4 is 33.6 Å². The van der Waals surface area contributed by atoms with Gasteiger partial charge in [-0.25, -0.2) is 9.97 Å². The van der Waals surface area contributed by atoms with Crippen LogP contribution in [0.25, 0.3) is 10.2 Å². The van der Waals surface area contributed by atoms with Crippen molar-refractivity contribution < 1.29 is 0 Å². The van der Waals surface area contributed by atoms with Crippen molar-refractivity contribution in [1.82, 2.24) is 9.97 Å². The van der Waals surface area contributed by atoms with Crippen molar-refractivity contribution in [3.8, 4) is 6.07 Å². The van der Waals surface area contributed by atoms with E-state index in [-0.39, 0.29) is 0 Å². The average Bonchev–Trinajstić information content (AvgIpc) is 3.02. The molecule has 0 aliphatic heterocycles. The number of anilines is 1. The van der Waals surface area contributed by atoms with Crippen LogP contribution in [0.3, 0.4) is 0 Å². The van der Waals surface area contributed by atoms with E-state index in [2.05, 4.69) is 26.6 Å². The molecule has 1 aromatic carbocycles. The fourth-order valence-electron chi connectivity index (χ4n) is 2.99. The molecule has 118 valence electrons. The van der Waals surface area contributed by atoms with E-state index >= 15 is 0 Å². The van der Waals surface area contributed by atoms with Crippen LogP contribution in [0.15, 0.2) is 35.7 Å². The zero-order valence-electron chi connectivity index (χ0n) is 13.0. The van der Waals surface area contributed by atoms with E-state index in [1.807, 2.05) is 12.1 Å². The number of aryl methyl sites for hydroxylation is 2. The summed E-state index contributed by atoms with van der Waals surface area (Å²) in [4.78, 5) is 11.3. The van der Waals surface area contributed by atoms with Gasteiger partial charge in [-0.15, -0.1) is 11.3 Å². The second-order valence-corrected chi connectivity index (χ2v) is 6.80. The third-order valence-electron chi connectivity index (χ3n) is 4.18. The second-order valence-electron chi connectivity index (χ2n) is 5.72. The smallest absolute Gasteiger partial charge is 0.158 e. The molecule has 0 radical (unpaired) electrons. The van der Waals surface area contributed by atoms with E-state index < -0.39 is 0 Å². The maximum absolute atomic E-state index is 8.82. The van der Waals surface area contributed by atoms with Crippen LogP contribution in [0.1, 0.15) is 34.4 Å². The molecular weight excluding hydrogens is 318 g/mol. The average molecular weight is 333 g/mol. The molecule has 2 aromatic heterocycles. The van der Waals surface area contributed by atoms with Crippen molar-refractivity contribution in [3.63, 3.8) is 0 Å². The summed E-state index contributed by atoms with van der Waals surface area (Å²) in [6.45, 7) is 0. The van der Waals surface area contributed by atoms with E-state index in [0.29, 0.717) is 5.56 Å². The summed E-state index contributed by atoms with van der Waals surface area (Å²) in [6.07, 6.45) is 8.04. The molecule has 0 amide bonds. The number of hydrazone groups is 1. The van der Waals surface area contributed by atoms with Crippen molar-refractivity contribution in [2.45, 2.75) is 25.7 Å². The number of nitrogens with one attached hydrogen (secondary N) is 1. The molecule has 0 spiro atoms. The molecular formula is C18H15N5S. The molecule has 0 atom stereocenters. The summed E-state index contributed by atoms with van der Waals surface area (Å²) in [6, 6.07) is 9.39. The molecule has 0 bridgehead atoms. The Hall–Kier alpha value is -2.78. The van der Waals surface area contributed by atoms with Gasteiger partial charge < -0.3 is 0 Å². The Bertz CT molecular complexity index is 950. The Labute approximate surface area is 143 Å². The monoisotopic (exact) mass is 333 g/mol. The molecule has 4 rings (SSSR count). The number of nitrogens with zero attached hydrogens (tertiary/aromatic N) is 4. The minimum absolute atomic E-state index is 0.641. The highest BCUT2D eigenvalue weighted by Gasteiger charge is 2.19. The molecule has 6 heteroatoms. The molecule has 0 unspecified atom stereocenters. The van der Waals surface area contributed by atoms with Gasteiger partial charge in [0, 0.05) is 4.88 Å². The number of hydrogen-bond donors (Lipinski definition) is 1. The van der Waals surface area contributed by atoms with Crippen molar-refractivity contribution in [1.29, 1.82) is 5.26 Å². The highest BCUT2D eigenvalue weighted by atomic mass is 32.1. The van der Waals surface area contributed by atoms with Crippen molar-refractivity contribution in [3.05, 3.63) is 52.2 Å². The normalized spacial score (nSPS) is 13.8. The third kappa shape index (κ3) is 2.74. The van der Waals surface area contributed by atoms with E-state index in [0.717, 1.165) is 34.4 Å². The highest BCUT2D eigenvalue weighted by Crippen LogP contribution is 2.38. The number of benzene rings is 1. The first-order valence-corrected chi connectivity index (χ1v) is 8.71. The molecule has 0 saturated heterocycles. The number of nitriles is 1. The molecule has 5 nitrogen and oxygen atoms in total. The third-order valence-corrected chi connectivity index (χ3v) is 5.38. The van der Waals surface area contributed by atoms with Crippen LogP contribution < -0.4 is 5.43 Å². The summed E-state index contributed by atoms with van der Waals surface area (Å²) in [7, 11) is 0. The fourth-order valence-corrected chi connectivity index (χ4v) is 4.22. The molecule has 24 heavy (non-hydrogen) atoms. The predicted octanol–water partition coefficient (Wildman–Crippen LogP) is 3.89. The first-order chi connectivity index (χ1) is 11.8. The van der Waals surface area contributed by atoms with Gasteiger partial charge in [0.25, 0.3) is 0 Å².